The minimum Gasteiger partial charge on any atom is -0.396 e. The lowest BCUT2D eigenvalue weighted by Crippen LogP contribution is -2.21. The molecule has 0 spiro atoms. The zero-order chi connectivity index (χ0) is 9.97. The van der Waals surface area contributed by atoms with Crippen LogP contribution in [0.5, 0.6) is 0 Å². The van der Waals surface area contributed by atoms with Crippen molar-refractivity contribution < 1.29 is 5.11 Å². The van der Waals surface area contributed by atoms with E-state index in [1.54, 1.807) is 0 Å². The maximum absolute atomic E-state index is 9.06. The smallest absolute Gasteiger partial charge is 0.0782 e. The van der Waals surface area contributed by atoms with E-state index >= 15 is 0 Å². The lowest BCUT2D eigenvalue weighted by atomic mass is 10.1. The van der Waals surface area contributed by atoms with Crippen LogP contribution in [0.4, 0.5) is 5.69 Å². The monoisotopic (exact) mass is 195 g/mol. The lowest BCUT2D eigenvalue weighted by molar-refractivity contribution is 0.238. The Morgan fingerprint density at radius 3 is 3.21 bits per heavy atom. The third-order valence-electron chi connectivity index (χ3n) is 2.93. The Morgan fingerprint density at radius 1 is 1.71 bits per heavy atom. The van der Waals surface area contributed by atoms with Crippen LogP contribution in [0.1, 0.15) is 19.0 Å². The fraction of sp³-hybridized carbons (Fsp3) is 0.700. The summed E-state index contributed by atoms with van der Waals surface area (Å²) in [5.41, 5.74) is 2.41. The van der Waals surface area contributed by atoms with Crippen molar-refractivity contribution in [2.24, 2.45) is 5.92 Å². The third kappa shape index (κ3) is 1.62. The van der Waals surface area contributed by atoms with Gasteiger partial charge >= 0.3 is 0 Å². The number of aliphatic hydroxyl groups is 1. The quantitative estimate of drug-likeness (QED) is 0.749. The normalized spacial score (nSPS) is 21.9. The number of aromatic nitrogens is 2. The summed E-state index contributed by atoms with van der Waals surface area (Å²) in [5.74, 6) is 0.439. The molecule has 1 aromatic heterocycles. The van der Waals surface area contributed by atoms with Crippen molar-refractivity contribution in [3.63, 3.8) is 0 Å². The van der Waals surface area contributed by atoms with Crippen LogP contribution in [0.15, 0.2) is 6.20 Å². The van der Waals surface area contributed by atoms with E-state index < -0.39 is 0 Å². The maximum Gasteiger partial charge on any atom is 0.0782 e. The molecule has 4 heteroatoms. The first-order valence-corrected chi connectivity index (χ1v) is 5.23. The van der Waals surface area contributed by atoms with Gasteiger partial charge in [0.2, 0.25) is 0 Å². The first kappa shape index (κ1) is 9.52. The molecular formula is C10H17N3O. The molecular weight excluding hydrogens is 178 g/mol. The van der Waals surface area contributed by atoms with Gasteiger partial charge in [0.25, 0.3) is 0 Å². The van der Waals surface area contributed by atoms with E-state index in [0.717, 1.165) is 25.9 Å². The predicted octanol–water partition coefficient (Wildman–Crippen LogP) is 0.791. The average Bonchev–Trinajstić information content (AvgIpc) is 2.85. The molecule has 0 bridgehead atoms. The summed E-state index contributed by atoms with van der Waals surface area (Å²) >= 11 is 0. The van der Waals surface area contributed by atoms with Crippen LogP contribution < -0.4 is 4.90 Å². The number of aryl methyl sites for hydroxylation is 1. The summed E-state index contributed by atoms with van der Waals surface area (Å²) in [6, 6.07) is 0. The number of nitrogens with zero attached hydrogens (tertiary/aromatic N) is 2. The highest BCUT2D eigenvalue weighted by atomic mass is 16.3. The van der Waals surface area contributed by atoms with Gasteiger partial charge in [-0.3, -0.25) is 5.10 Å². The standard InChI is InChI=1S/C10H17N3O/c1-2-9-10(5-11-12-9)13-4-3-8(6-13)7-14/h5,8,14H,2-4,6-7H2,1H3,(H,11,12). The van der Waals surface area contributed by atoms with Gasteiger partial charge in [-0.2, -0.15) is 5.10 Å². The molecule has 1 aliphatic heterocycles. The highest BCUT2D eigenvalue weighted by Gasteiger charge is 2.23. The third-order valence-corrected chi connectivity index (χ3v) is 2.93. The van der Waals surface area contributed by atoms with Gasteiger partial charge in [-0.15, -0.1) is 0 Å². The minimum absolute atomic E-state index is 0.301. The molecule has 4 nitrogen and oxygen atoms in total. The average molecular weight is 195 g/mol. The SMILES string of the molecule is CCc1[nH]ncc1N1CCC(CO)C1. The Hall–Kier alpha value is -1.03. The second kappa shape index (κ2) is 4.00. The molecule has 2 heterocycles. The van der Waals surface area contributed by atoms with Gasteiger partial charge in [-0.25, -0.2) is 0 Å². The molecule has 14 heavy (non-hydrogen) atoms. The van der Waals surface area contributed by atoms with E-state index in [4.69, 9.17) is 5.11 Å². The van der Waals surface area contributed by atoms with E-state index in [0.29, 0.717) is 12.5 Å². The number of rotatable bonds is 3. The van der Waals surface area contributed by atoms with Gasteiger partial charge in [0, 0.05) is 25.6 Å². The summed E-state index contributed by atoms with van der Waals surface area (Å²) in [6.45, 7) is 4.42. The van der Waals surface area contributed by atoms with E-state index in [1.165, 1.54) is 11.4 Å². The summed E-state index contributed by atoms with van der Waals surface area (Å²) < 4.78 is 0. The van der Waals surface area contributed by atoms with E-state index in [9.17, 15) is 0 Å². The summed E-state index contributed by atoms with van der Waals surface area (Å²) in [7, 11) is 0. The van der Waals surface area contributed by atoms with Gasteiger partial charge in [0.05, 0.1) is 17.6 Å². The highest BCUT2D eigenvalue weighted by molar-refractivity contribution is 5.49. The zero-order valence-corrected chi connectivity index (χ0v) is 8.53. The van der Waals surface area contributed by atoms with Crippen molar-refractivity contribution in [2.45, 2.75) is 19.8 Å². The topological polar surface area (TPSA) is 52.2 Å². The minimum atomic E-state index is 0.301. The summed E-state index contributed by atoms with van der Waals surface area (Å²) in [6.07, 6.45) is 3.96. The largest absolute Gasteiger partial charge is 0.396 e. The molecule has 0 aliphatic carbocycles. The molecule has 1 fully saturated rings. The fourth-order valence-corrected chi connectivity index (χ4v) is 2.04. The van der Waals surface area contributed by atoms with E-state index in [1.807, 2.05) is 6.20 Å². The molecule has 1 unspecified atom stereocenters. The molecule has 0 radical (unpaired) electrons. The van der Waals surface area contributed by atoms with Gasteiger partial charge < -0.3 is 10.0 Å². The first-order valence-electron chi connectivity index (χ1n) is 5.23. The van der Waals surface area contributed by atoms with Crippen LogP contribution in [0.2, 0.25) is 0 Å². The van der Waals surface area contributed by atoms with Crippen molar-refractivity contribution >= 4 is 5.69 Å². The molecule has 1 atom stereocenters. The van der Waals surface area contributed by atoms with Crippen LogP contribution in [0.25, 0.3) is 0 Å². The molecule has 1 aliphatic rings. The predicted molar refractivity (Wildman–Crippen MR) is 55.4 cm³/mol. The van der Waals surface area contributed by atoms with E-state index in [-0.39, 0.29) is 0 Å². The number of aliphatic hydroxyl groups excluding tert-OH is 1. The number of aromatic amines is 1. The van der Waals surface area contributed by atoms with E-state index in [2.05, 4.69) is 22.0 Å². The Morgan fingerprint density at radius 2 is 2.57 bits per heavy atom. The Kier molecular flexibility index (Phi) is 2.72. The van der Waals surface area contributed by atoms with Gasteiger partial charge in [-0.05, 0) is 12.8 Å². The Balaban J connectivity index is 2.09. The fourth-order valence-electron chi connectivity index (χ4n) is 2.04. The summed E-state index contributed by atoms with van der Waals surface area (Å²) in [5, 5.41) is 16.1. The van der Waals surface area contributed by atoms with Crippen LogP contribution >= 0.6 is 0 Å². The van der Waals surface area contributed by atoms with Crippen molar-refractivity contribution in [3.8, 4) is 0 Å². The van der Waals surface area contributed by atoms with Crippen LogP contribution in [-0.4, -0.2) is 35.0 Å². The van der Waals surface area contributed by atoms with Gasteiger partial charge in [0.1, 0.15) is 0 Å². The van der Waals surface area contributed by atoms with Crippen molar-refractivity contribution in [2.75, 3.05) is 24.6 Å². The number of hydrogen-bond donors (Lipinski definition) is 2. The molecule has 0 amide bonds. The lowest BCUT2D eigenvalue weighted by Gasteiger charge is -2.17. The Labute approximate surface area is 83.9 Å². The highest BCUT2D eigenvalue weighted by Crippen LogP contribution is 2.25. The second-order valence-corrected chi connectivity index (χ2v) is 3.87. The Bertz CT molecular complexity index is 297. The van der Waals surface area contributed by atoms with Crippen molar-refractivity contribution in [1.82, 2.24) is 10.2 Å². The summed E-state index contributed by atoms with van der Waals surface area (Å²) in [4.78, 5) is 2.31. The van der Waals surface area contributed by atoms with Gasteiger partial charge in [0.15, 0.2) is 0 Å². The molecule has 1 aromatic rings. The number of H-pyrrole nitrogens is 1. The van der Waals surface area contributed by atoms with Crippen molar-refractivity contribution in [1.29, 1.82) is 0 Å². The van der Waals surface area contributed by atoms with Gasteiger partial charge in [-0.1, -0.05) is 6.92 Å². The molecule has 2 rings (SSSR count). The number of nitrogens with one attached hydrogen (secondary N) is 1. The van der Waals surface area contributed by atoms with Crippen molar-refractivity contribution in [3.05, 3.63) is 11.9 Å². The number of anilines is 1. The molecule has 78 valence electrons. The molecule has 1 saturated heterocycles. The first-order chi connectivity index (χ1) is 6.85. The molecule has 0 saturated carbocycles. The zero-order valence-electron chi connectivity index (χ0n) is 8.53. The number of hydrogen-bond acceptors (Lipinski definition) is 3. The second-order valence-electron chi connectivity index (χ2n) is 3.87. The van der Waals surface area contributed by atoms with Crippen LogP contribution in [-0.2, 0) is 6.42 Å². The van der Waals surface area contributed by atoms with Crippen LogP contribution in [0, 0.1) is 5.92 Å². The maximum atomic E-state index is 9.06. The van der Waals surface area contributed by atoms with Crippen LogP contribution in [0.3, 0.4) is 0 Å². The molecule has 2 N–H and O–H groups in total. The molecule has 0 aromatic carbocycles.